The van der Waals surface area contributed by atoms with E-state index in [4.69, 9.17) is 11.6 Å². The molecule has 0 spiro atoms. The van der Waals surface area contributed by atoms with Crippen LogP contribution in [0.15, 0.2) is 39.0 Å². The lowest BCUT2D eigenvalue weighted by atomic mass is 10.00. The van der Waals surface area contributed by atoms with Gasteiger partial charge in [0, 0.05) is 25.5 Å². The minimum atomic E-state index is -0.586. The fourth-order valence-electron chi connectivity index (χ4n) is 2.57. The molecule has 1 aliphatic heterocycles. The number of benzene rings is 1. The Hall–Kier alpha value is -2.54. The fourth-order valence-corrected chi connectivity index (χ4v) is 2.70. The lowest BCUT2D eigenvalue weighted by Gasteiger charge is -2.11. The molecular weight excluding hydrogens is 320 g/mol. The average molecular weight is 335 g/mol. The Morgan fingerprint density at radius 3 is 2.52 bits per heavy atom. The van der Waals surface area contributed by atoms with E-state index in [-0.39, 0.29) is 17.5 Å². The molecule has 0 radical (unpaired) electrons. The summed E-state index contributed by atoms with van der Waals surface area (Å²) in [6.07, 6.45) is 0.419. The second-order valence-corrected chi connectivity index (χ2v) is 5.84. The van der Waals surface area contributed by atoms with E-state index in [9.17, 15) is 14.7 Å². The Bertz CT molecular complexity index is 912. The van der Waals surface area contributed by atoms with Gasteiger partial charge in [-0.25, -0.2) is 4.79 Å². The number of rotatable bonds is 2. The van der Waals surface area contributed by atoms with Crippen molar-refractivity contribution < 1.29 is 5.11 Å². The summed E-state index contributed by atoms with van der Waals surface area (Å²) in [6.45, 7) is 0. The van der Waals surface area contributed by atoms with Crippen LogP contribution >= 0.6 is 11.6 Å². The predicted molar refractivity (Wildman–Crippen MR) is 87.1 cm³/mol. The highest BCUT2D eigenvalue weighted by atomic mass is 35.5. The molecule has 3 rings (SSSR count). The van der Waals surface area contributed by atoms with Crippen LogP contribution in [0.3, 0.4) is 0 Å². The molecule has 2 aromatic rings. The van der Waals surface area contributed by atoms with Crippen molar-refractivity contribution in [3.63, 3.8) is 0 Å². The molecule has 0 amide bonds. The molecule has 1 aromatic heterocycles. The van der Waals surface area contributed by atoms with Gasteiger partial charge >= 0.3 is 5.69 Å². The van der Waals surface area contributed by atoms with Crippen molar-refractivity contribution in [3.05, 3.63) is 61.3 Å². The smallest absolute Gasteiger partial charge is 0.333 e. The highest BCUT2D eigenvalue weighted by Crippen LogP contribution is 2.26. The second-order valence-electron chi connectivity index (χ2n) is 5.40. The average Bonchev–Trinajstić information content (AvgIpc) is 3.01. The van der Waals surface area contributed by atoms with E-state index in [1.54, 1.807) is 12.1 Å². The number of aromatic hydroxyl groups is 1. The van der Waals surface area contributed by atoms with E-state index in [1.165, 1.54) is 14.1 Å². The topological polar surface area (TPSA) is 88.6 Å². The van der Waals surface area contributed by atoms with E-state index in [0.29, 0.717) is 17.2 Å². The third kappa shape index (κ3) is 2.53. The van der Waals surface area contributed by atoms with Crippen molar-refractivity contribution in [3.8, 4) is 5.88 Å². The van der Waals surface area contributed by atoms with Crippen LogP contribution in [0.25, 0.3) is 0 Å². The first-order chi connectivity index (χ1) is 10.9. The van der Waals surface area contributed by atoms with Crippen molar-refractivity contribution in [2.24, 2.45) is 19.2 Å². The third-order valence-corrected chi connectivity index (χ3v) is 4.20. The first-order valence-electron chi connectivity index (χ1n) is 6.97. The van der Waals surface area contributed by atoms with Gasteiger partial charge in [0.1, 0.15) is 5.56 Å². The quantitative estimate of drug-likeness (QED) is 0.853. The lowest BCUT2D eigenvalue weighted by molar-refractivity contribution is 0.410. The number of aromatic nitrogens is 2. The molecule has 0 bridgehead atoms. The van der Waals surface area contributed by atoms with Crippen molar-refractivity contribution in [1.82, 2.24) is 14.6 Å². The largest absolute Gasteiger partial charge is 0.494 e. The van der Waals surface area contributed by atoms with Crippen LogP contribution in [-0.4, -0.2) is 20.0 Å². The zero-order valence-corrected chi connectivity index (χ0v) is 13.3. The summed E-state index contributed by atoms with van der Waals surface area (Å²) in [5.74, 6) is -0.379. The summed E-state index contributed by atoms with van der Waals surface area (Å²) in [7, 11) is 2.77. The third-order valence-electron chi connectivity index (χ3n) is 3.95. The van der Waals surface area contributed by atoms with E-state index in [2.05, 4.69) is 10.5 Å². The Kier molecular flexibility index (Phi) is 3.73. The van der Waals surface area contributed by atoms with Crippen LogP contribution in [0.5, 0.6) is 5.88 Å². The molecule has 7 nitrogen and oxygen atoms in total. The SMILES string of the molecule is Cn1c(O)c(C2=NN[C@H](c3ccc(Cl)cc3)C2)c(=O)n(C)c1=O. The normalized spacial score (nSPS) is 17.0. The molecule has 2 heterocycles. The van der Waals surface area contributed by atoms with Crippen LogP contribution < -0.4 is 16.7 Å². The van der Waals surface area contributed by atoms with Crippen LogP contribution in [0.1, 0.15) is 23.6 Å². The molecule has 120 valence electrons. The lowest BCUT2D eigenvalue weighted by Crippen LogP contribution is -2.39. The highest BCUT2D eigenvalue weighted by Gasteiger charge is 2.27. The first kappa shape index (κ1) is 15.4. The summed E-state index contributed by atoms with van der Waals surface area (Å²) < 4.78 is 1.97. The number of hydrogen-bond donors (Lipinski definition) is 2. The Morgan fingerprint density at radius 1 is 1.22 bits per heavy atom. The van der Waals surface area contributed by atoms with Crippen molar-refractivity contribution in [2.45, 2.75) is 12.5 Å². The van der Waals surface area contributed by atoms with Gasteiger partial charge < -0.3 is 10.5 Å². The van der Waals surface area contributed by atoms with Gasteiger partial charge in [-0.05, 0) is 17.7 Å². The van der Waals surface area contributed by atoms with E-state index >= 15 is 0 Å². The minimum Gasteiger partial charge on any atom is -0.494 e. The van der Waals surface area contributed by atoms with Gasteiger partial charge in [-0.2, -0.15) is 5.10 Å². The maximum absolute atomic E-state index is 12.3. The van der Waals surface area contributed by atoms with Gasteiger partial charge in [-0.3, -0.25) is 13.9 Å². The standard InChI is InChI=1S/C15H15ClN4O3/c1-19-13(21)12(14(22)20(2)15(19)23)11-7-10(17-18-11)8-3-5-9(16)6-4-8/h3-6,10,17,21H,7H2,1-2H3/t10-/m0/s1. The molecule has 1 aromatic carbocycles. The number of hydrazone groups is 1. The molecule has 0 saturated carbocycles. The van der Waals surface area contributed by atoms with E-state index in [1.807, 2.05) is 12.1 Å². The van der Waals surface area contributed by atoms with Gasteiger partial charge in [-0.1, -0.05) is 23.7 Å². The molecule has 1 atom stereocenters. The predicted octanol–water partition coefficient (Wildman–Crippen LogP) is 0.882. The van der Waals surface area contributed by atoms with Crippen molar-refractivity contribution >= 4 is 17.3 Å². The summed E-state index contributed by atoms with van der Waals surface area (Å²) in [5.41, 5.74) is 3.22. The molecule has 0 saturated heterocycles. The number of halogens is 1. The Labute approximate surface area is 136 Å². The van der Waals surface area contributed by atoms with E-state index in [0.717, 1.165) is 14.7 Å². The summed E-state index contributed by atoms with van der Waals surface area (Å²) in [5, 5.41) is 15.0. The maximum atomic E-state index is 12.3. The van der Waals surface area contributed by atoms with Crippen molar-refractivity contribution in [2.75, 3.05) is 0 Å². The van der Waals surface area contributed by atoms with Gasteiger partial charge in [0.25, 0.3) is 5.56 Å². The van der Waals surface area contributed by atoms with Crippen LogP contribution in [0, 0.1) is 0 Å². The molecule has 0 unspecified atom stereocenters. The summed E-state index contributed by atoms with van der Waals surface area (Å²) in [4.78, 5) is 24.1. The first-order valence-corrected chi connectivity index (χ1v) is 7.35. The Morgan fingerprint density at radius 2 is 1.87 bits per heavy atom. The Balaban J connectivity index is 1.98. The summed E-state index contributed by atoms with van der Waals surface area (Å²) in [6, 6.07) is 7.18. The number of nitrogens with one attached hydrogen (secondary N) is 1. The molecular formula is C15H15ClN4O3. The molecule has 0 fully saturated rings. The van der Waals surface area contributed by atoms with Crippen LogP contribution in [0.4, 0.5) is 0 Å². The molecule has 23 heavy (non-hydrogen) atoms. The minimum absolute atomic E-state index is 0.0403. The van der Waals surface area contributed by atoms with Gasteiger partial charge in [0.15, 0.2) is 0 Å². The van der Waals surface area contributed by atoms with Gasteiger partial charge in [0.2, 0.25) is 5.88 Å². The number of nitrogens with zero attached hydrogens (tertiary/aromatic N) is 3. The van der Waals surface area contributed by atoms with Crippen LogP contribution in [0.2, 0.25) is 5.02 Å². The molecule has 1 aliphatic rings. The van der Waals surface area contributed by atoms with Gasteiger partial charge in [-0.15, -0.1) is 0 Å². The van der Waals surface area contributed by atoms with Crippen molar-refractivity contribution in [1.29, 1.82) is 0 Å². The van der Waals surface area contributed by atoms with E-state index < -0.39 is 11.2 Å². The maximum Gasteiger partial charge on any atom is 0.333 e. The molecule has 2 N–H and O–H groups in total. The fraction of sp³-hybridized carbons (Fsp3) is 0.267. The van der Waals surface area contributed by atoms with Crippen LogP contribution in [-0.2, 0) is 14.1 Å². The molecule has 8 heteroatoms. The zero-order valence-electron chi connectivity index (χ0n) is 12.6. The monoisotopic (exact) mass is 334 g/mol. The zero-order chi connectivity index (χ0) is 16.7. The second kappa shape index (κ2) is 5.58. The number of hydrogen-bond acceptors (Lipinski definition) is 5. The highest BCUT2D eigenvalue weighted by molar-refractivity contribution is 6.30. The molecule has 0 aliphatic carbocycles. The summed E-state index contributed by atoms with van der Waals surface area (Å²) >= 11 is 5.88. The van der Waals surface area contributed by atoms with Gasteiger partial charge in [0.05, 0.1) is 11.8 Å².